The Morgan fingerprint density at radius 1 is 0.412 bits per heavy atom. The zero-order chi connectivity index (χ0) is 10.5. The fourth-order valence-electron chi connectivity index (χ4n) is 2.67. The molecule has 1 heteroatoms. The summed E-state index contributed by atoms with van der Waals surface area (Å²) in [6, 6.07) is 21.9. The van der Waals surface area contributed by atoms with Gasteiger partial charge in [-0.25, -0.2) is 0 Å². The molecule has 0 unspecified atom stereocenters. The second-order valence-electron chi connectivity index (χ2n) is 4.29. The van der Waals surface area contributed by atoms with Crippen molar-refractivity contribution in [1.82, 2.24) is 0 Å². The Kier molecular flexibility index (Phi) is 2.32. The second-order valence-corrected chi connectivity index (χ2v) is 4.29. The van der Waals surface area contributed by atoms with E-state index in [9.17, 15) is 0 Å². The molecule has 0 N–H and O–H groups in total. The van der Waals surface area contributed by atoms with E-state index in [1.54, 1.807) is 0 Å². The Morgan fingerprint density at radius 3 is 1.00 bits per heavy atom. The first kappa shape index (κ1) is 10.6. The van der Waals surface area contributed by atoms with Gasteiger partial charge in [-0.05, 0) is 32.3 Å². The smallest absolute Gasteiger partial charge is 0 e. The third-order valence-corrected chi connectivity index (χ3v) is 3.39. The minimum absolute atomic E-state index is 0. The molecule has 1 radical (unpaired) electrons. The zero-order valence-electron chi connectivity index (χ0n) is 9.08. The third kappa shape index (κ3) is 1.37. The van der Waals surface area contributed by atoms with Crippen molar-refractivity contribution in [1.29, 1.82) is 0 Å². The summed E-state index contributed by atoms with van der Waals surface area (Å²) in [5.74, 6) is 0. The fourth-order valence-corrected chi connectivity index (χ4v) is 2.67. The van der Waals surface area contributed by atoms with Crippen molar-refractivity contribution in [3.8, 4) is 0 Å². The molecule has 4 aromatic carbocycles. The molecule has 0 bridgehead atoms. The first-order valence-corrected chi connectivity index (χ1v) is 5.56. The van der Waals surface area contributed by atoms with E-state index in [2.05, 4.69) is 60.7 Å². The minimum atomic E-state index is 0. The summed E-state index contributed by atoms with van der Waals surface area (Å²) in [6.07, 6.45) is 0. The van der Waals surface area contributed by atoms with Crippen molar-refractivity contribution in [2.45, 2.75) is 0 Å². The molecule has 4 aromatic rings. The minimum Gasteiger partial charge on any atom is -0.0610 e. The van der Waals surface area contributed by atoms with Gasteiger partial charge in [-0.3, -0.25) is 0 Å². The van der Waals surface area contributed by atoms with Crippen molar-refractivity contribution in [2.75, 3.05) is 0 Å². The molecular weight excluding hydrogens is 256 g/mol. The SMILES string of the molecule is [Cu].c1cc2ccc3cccc4ccc(c1)c2c34. The van der Waals surface area contributed by atoms with E-state index in [-0.39, 0.29) is 17.1 Å². The summed E-state index contributed by atoms with van der Waals surface area (Å²) in [7, 11) is 0. The van der Waals surface area contributed by atoms with Gasteiger partial charge in [-0.1, -0.05) is 60.7 Å². The quantitative estimate of drug-likeness (QED) is 0.322. The molecule has 0 aliphatic rings. The average molecular weight is 266 g/mol. The molecule has 0 aromatic heterocycles. The van der Waals surface area contributed by atoms with Crippen LogP contribution in [-0.4, -0.2) is 0 Å². The molecule has 0 atom stereocenters. The zero-order valence-corrected chi connectivity index (χ0v) is 10.0. The summed E-state index contributed by atoms with van der Waals surface area (Å²) < 4.78 is 0. The van der Waals surface area contributed by atoms with E-state index >= 15 is 0 Å². The predicted molar refractivity (Wildman–Crippen MR) is 70.1 cm³/mol. The van der Waals surface area contributed by atoms with Crippen LogP contribution in [0.1, 0.15) is 0 Å². The summed E-state index contributed by atoms with van der Waals surface area (Å²) in [6.45, 7) is 0. The van der Waals surface area contributed by atoms with Gasteiger partial charge in [0.25, 0.3) is 0 Å². The normalized spacial score (nSPS) is 11.1. The van der Waals surface area contributed by atoms with Crippen LogP contribution in [0.4, 0.5) is 0 Å². The molecule has 4 rings (SSSR count). The van der Waals surface area contributed by atoms with E-state index in [0.29, 0.717) is 0 Å². The summed E-state index contributed by atoms with van der Waals surface area (Å²) in [5, 5.41) is 8.14. The van der Waals surface area contributed by atoms with Crippen LogP contribution in [0.5, 0.6) is 0 Å². The van der Waals surface area contributed by atoms with Gasteiger partial charge in [-0.15, -0.1) is 0 Å². The maximum absolute atomic E-state index is 2.21. The number of hydrogen-bond acceptors (Lipinski definition) is 0. The van der Waals surface area contributed by atoms with Crippen LogP contribution >= 0.6 is 0 Å². The maximum Gasteiger partial charge on any atom is 0 e. The molecule has 0 fully saturated rings. The Hall–Kier alpha value is -1.56. The maximum atomic E-state index is 2.21. The van der Waals surface area contributed by atoms with Gasteiger partial charge in [0, 0.05) is 17.1 Å². The molecule has 0 saturated heterocycles. The monoisotopic (exact) mass is 265 g/mol. The molecule has 85 valence electrons. The Bertz CT molecular complexity index is 672. The van der Waals surface area contributed by atoms with Crippen molar-refractivity contribution < 1.29 is 17.1 Å². The van der Waals surface area contributed by atoms with Gasteiger partial charge in [0.05, 0.1) is 0 Å². The molecule has 0 aliphatic carbocycles. The molecule has 0 amide bonds. The molecular formula is C16H10Cu. The van der Waals surface area contributed by atoms with Crippen LogP contribution in [0.2, 0.25) is 0 Å². The topological polar surface area (TPSA) is 0 Å². The molecule has 17 heavy (non-hydrogen) atoms. The molecule has 0 heterocycles. The van der Waals surface area contributed by atoms with Crippen LogP contribution in [0, 0.1) is 0 Å². The van der Waals surface area contributed by atoms with Gasteiger partial charge < -0.3 is 0 Å². The van der Waals surface area contributed by atoms with Gasteiger partial charge in [0.15, 0.2) is 0 Å². The Balaban J connectivity index is 0.000000902. The molecule has 0 nitrogen and oxygen atoms in total. The summed E-state index contributed by atoms with van der Waals surface area (Å²) >= 11 is 0. The van der Waals surface area contributed by atoms with Crippen LogP contribution in [-0.2, 0) is 17.1 Å². The Labute approximate surface area is 110 Å². The van der Waals surface area contributed by atoms with Gasteiger partial charge in [0.2, 0.25) is 0 Å². The van der Waals surface area contributed by atoms with Gasteiger partial charge in [0.1, 0.15) is 0 Å². The van der Waals surface area contributed by atoms with Gasteiger partial charge in [-0.2, -0.15) is 0 Å². The van der Waals surface area contributed by atoms with E-state index in [4.69, 9.17) is 0 Å². The van der Waals surface area contributed by atoms with Crippen LogP contribution in [0.15, 0.2) is 60.7 Å². The van der Waals surface area contributed by atoms with Crippen LogP contribution in [0.3, 0.4) is 0 Å². The van der Waals surface area contributed by atoms with Crippen LogP contribution < -0.4 is 0 Å². The molecule has 0 saturated carbocycles. The van der Waals surface area contributed by atoms with E-state index in [1.807, 2.05) is 0 Å². The van der Waals surface area contributed by atoms with Crippen LogP contribution in [0.25, 0.3) is 32.3 Å². The van der Waals surface area contributed by atoms with E-state index in [1.165, 1.54) is 32.3 Å². The van der Waals surface area contributed by atoms with Crippen molar-refractivity contribution in [2.24, 2.45) is 0 Å². The third-order valence-electron chi connectivity index (χ3n) is 3.39. The van der Waals surface area contributed by atoms with E-state index < -0.39 is 0 Å². The summed E-state index contributed by atoms with van der Waals surface area (Å²) in [4.78, 5) is 0. The first-order valence-electron chi connectivity index (χ1n) is 5.56. The first-order chi connectivity index (χ1) is 7.93. The number of hydrogen-bond donors (Lipinski definition) is 0. The standard InChI is InChI=1S/C16H10.Cu/c1-3-11-7-9-13-5-2-6-14-10-8-12(4-1)15(11)16(13)14;/h1-10H;. The van der Waals surface area contributed by atoms with Gasteiger partial charge >= 0.3 is 0 Å². The van der Waals surface area contributed by atoms with Crippen molar-refractivity contribution in [3.05, 3.63) is 60.7 Å². The van der Waals surface area contributed by atoms with Crippen molar-refractivity contribution >= 4 is 32.3 Å². The Morgan fingerprint density at radius 2 is 0.706 bits per heavy atom. The fraction of sp³-hybridized carbons (Fsp3) is 0. The molecule has 0 spiro atoms. The average Bonchev–Trinajstić information content (AvgIpc) is 2.36. The van der Waals surface area contributed by atoms with Crippen molar-refractivity contribution in [3.63, 3.8) is 0 Å². The number of rotatable bonds is 0. The van der Waals surface area contributed by atoms with E-state index in [0.717, 1.165) is 0 Å². The molecule has 0 aliphatic heterocycles. The predicted octanol–water partition coefficient (Wildman–Crippen LogP) is 4.58. The largest absolute Gasteiger partial charge is 0.0610 e. The number of benzene rings is 4. The second kappa shape index (κ2) is 3.73. The summed E-state index contributed by atoms with van der Waals surface area (Å²) in [5.41, 5.74) is 0.